The quantitative estimate of drug-likeness (QED) is 0.466. The van der Waals surface area contributed by atoms with Crippen LogP contribution in [0.25, 0.3) is 11.3 Å². The number of nitrogens with zero attached hydrogens (tertiary/aromatic N) is 3. The van der Waals surface area contributed by atoms with Gasteiger partial charge in [0.1, 0.15) is 5.15 Å². The highest BCUT2D eigenvalue weighted by atomic mass is 35.5. The lowest BCUT2D eigenvalue weighted by Crippen LogP contribution is -1.95. The van der Waals surface area contributed by atoms with E-state index in [1.165, 1.54) is 12.1 Å². The highest BCUT2D eigenvalue weighted by molar-refractivity contribution is 6.29. The summed E-state index contributed by atoms with van der Waals surface area (Å²) in [5.41, 5.74) is 1.55. The van der Waals surface area contributed by atoms with Crippen molar-refractivity contribution in [2.24, 2.45) is 0 Å². The first-order chi connectivity index (χ1) is 8.08. The number of hydrogen-bond donors (Lipinski definition) is 0. The van der Waals surface area contributed by atoms with Gasteiger partial charge in [0.2, 0.25) is 0 Å². The number of aryl methyl sites for hydroxylation is 1. The molecule has 0 aliphatic heterocycles. The number of aromatic nitrogens is 2. The summed E-state index contributed by atoms with van der Waals surface area (Å²) in [6, 6.07) is 6.23. The average molecular weight is 250 g/mol. The molecule has 17 heavy (non-hydrogen) atoms. The van der Waals surface area contributed by atoms with Gasteiger partial charge in [-0.15, -0.1) is 0 Å². The van der Waals surface area contributed by atoms with Crippen LogP contribution in [0.1, 0.15) is 5.69 Å². The predicted octanol–water partition coefficient (Wildman–Crippen LogP) is 3.01. The van der Waals surface area contributed by atoms with Crippen LogP contribution >= 0.6 is 11.6 Å². The number of nitro groups is 1. The van der Waals surface area contributed by atoms with Crippen molar-refractivity contribution in [3.63, 3.8) is 0 Å². The van der Waals surface area contributed by atoms with Crippen molar-refractivity contribution >= 4 is 17.3 Å². The van der Waals surface area contributed by atoms with Gasteiger partial charge in [-0.25, -0.2) is 4.98 Å². The summed E-state index contributed by atoms with van der Waals surface area (Å²) in [7, 11) is 0. The molecule has 0 radical (unpaired) electrons. The van der Waals surface area contributed by atoms with Gasteiger partial charge in [-0.05, 0) is 25.1 Å². The largest absolute Gasteiger partial charge is 0.295 e. The minimum Gasteiger partial charge on any atom is -0.261 e. The predicted molar refractivity (Wildman–Crippen MR) is 63.9 cm³/mol. The standard InChI is InChI=1S/C11H8ClN3O2/c1-7-2-3-8(6-13-7)11-9(15(16)17)4-5-10(12)14-11/h2-6H,1H3. The van der Waals surface area contributed by atoms with Crippen molar-refractivity contribution in [3.8, 4) is 11.3 Å². The van der Waals surface area contributed by atoms with Crippen molar-refractivity contribution in [2.75, 3.05) is 0 Å². The molecule has 6 heteroatoms. The normalized spacial score (nSPS) is 10.2. The van der Waals surface area contributed by atoms with E-state index in [0.717, 1.165) is 5.69 Å². The maximum Gasteiger partial charge on any atom is 0.295 e. The number of pyridine rings is 2. The van der Waals surface area contributed by atoms with E-state index in [9.17, 15) is 10.1 Å². The molecule has 0 fully saturated rings. The van der Waals surface area contributed by atoms with E-state index in [0.29, 0.717) is 5.56 Å². The highest BCUT2D eigenvalue weighted by Gasteiger charge is 2.17. The molecule has 5 nitrogen and oxygen atoms in total. The Morgan fingerprint density at radius 3 is 2.65 bits per heavy atom. The zero-order chi connectivity index (χ0) is 12.4. The summed E-state index contributed by atoms with van der Waals surface area (Å²) in [6.45, 7) is 1.84. The van der Waals surface area contributed by atoms with Crippen molar-refractivity contribution in [1.29, 1.82) is 0 Å². The Hall–Kier alpha value is -2.01. The van der Waals surface area contributed by atoms with Crippen LogP contribution in [-0.4, -0.2) is 14.9 Å². The molecule has 0 bridgehead atoms. The monoisotopic (exact) mass is 249 g/mol. The molecule has 0 amide bonds. The average Bonchev–Trinajstić information content (AvgIpc) is 2.29. The van der Waals surface area contributed by atoms with Gasteiger partial charge < -0.3 is 0 Å². The Bertz CT molecular complexity index is 569. The minimum absolute atomic E-state index is 0.0833. The van der Waals surface area contributed by atoms with Gasteiger partial charge in [-0.3, -0.25) is 15.1 Å². The SMILES string of the molecule is Cc1ccc(-c2nc(Cl)ccc2[N+](=O)[O-])cn1. The molecule has 2 aromatic rings. The smallest absolute Gasteiger partial charge is 0.261 e. The highest BCUT2D eigenvalue weighted by Crippen LogP contribution is 2.28. The van der Waals surface area contributed by atoms with Gasteiger partial charge in [-0.1, -0.05) is 11.6 Å². The fourth-order valence-corrected chi connectivity index (χ4v) is 1.54. The molecule has 0 spiro atoms. The Balaban J connectivity index is 2.60. The van der Waals surface area contributed by atoms with Crippen LogP contribution in [0.3, 0.4) is 0 Å². The Morgan fingerprint density at radius 2 is 2.06 bits per heavy atom. The lowest BCUT2D eigenvalue weighted by molar-refractivity contribution is -0.384. The Labute approximate surface area is 102 Å². The molecule has 0 saturated carbocycles. The third-order valence-electron chi connectivity index (χ3n) is 2.22. The topological polar surface area (TPSA) is 68.9 Å². The summed E-state index contributed by atoms with van der Waals surface area (Å²) in [5.74, 6) is 0. The molecule has 0 saturated heterocycles. The fraction of sp³-hybridized carbons (Fsp3) is 0.0909. The second kappa shape index (κ2) is 4.47. The van der Waals surface area contributed by atoms with Crippen molar-refractivity contribution in [1.82, 2.24) is 9.97 Å². The first-order valence-electron chi connectivity index (χ1n) is 4.82. The van der Waals surface area contributed by atoms with Crippen LogP contribution in [0.4, 0.5) is 5.69 Å². The summed E-state index contributed by atoms with van der Waals surface area (Å²) in [4.78, 5) is 18.4. The van der Waals surface area contributed by atoms with Crippen molar-refractivity contribution in [2.45, 2.75) is 6.92 Å². The summed E-state index contributed by atoms with van der Waals surface area (Å²) in [5, 5.41) is 11.1. The molecule has 86 valence electrons. The summed E-state index contributed by atoms with van der Waals surface area (Å²) < 4.78 is 0. The van der Waals surface area contributed by atoms with Gasteiger partial charge in [-0.2, -0.15) is 0 Å². The van der Waals surface area contributed by atoms with E-state index in [-0.39, 0.29) is 16.5 Å². The maximum absolute atomic E-state index is 10.9. The van der Waals surface area contributed by atoms with Crippen LogP contribution < -0.4 is 0 Å². The molecule has 0 unspecified atom stereocenters. The third-order valence-corrected chi connectivity index (χ3v) is 2.43. The van der Waals surface area contributed by atoms with E-state index < -0.39 is 4.92 Å². The van der Waals surface area contributed by atoms with Crippen LogP contribution in [0.5, 0.6) is 0 Å². The number of hydrogen-bond acceptors (Lipinski definition) is 4. The van der Waals surface area contributed by atoms with Gasteiger partial charge in [0.05, 0.1) is 4.92 Å². The Morgan fingerprint density at radius 1 is 1.29 bits per heavy atom. The second-order valence-electron chi connectivity index (χ2n) is 3.45. The lowest BCUT2D eigenvalue weighted by Gasteiger charge is -2.02. The van der Waals surface area contributed by atoms with Crippen LogP contribution in [0, 0.1) is 17.0 Å². The van der Waals surface area contributed by atoms with Gasteiger partial charge in [0, 0.05) is 23.5 Å². The molecule has 0 aromatic carbocycles. The molecule has 0 atom stereocenters. The van der Waals surface area contributed by atoms with E-state index in [1.807, 2.05) is 6.92 Å². The van der Waals surface area contributed by atoms with E-state index in [1.54, 1.807) is 18.3 Å². The molecule has 0 N–H and O–H groups in total. The summed E-state index contributed by atoms with van der Waals surface area (Å²) >= 11 is 5.75. The van der Waals surface area contributed by atoms with E-state index in [4.69, 9.17) is 11.6 Å². The molecule has 0 aliphatic carbocycles. The van der Waals surface area contributed by atoms with Crippen molar-refractivity contribution < 1.29 is 4.92 Å². The first-order valence-corrected chi connectivity index (χ1v) is 5.19. The Kier molecular flexibility index (Phi) is 3.01. The molecular formula is C11H8ClN3O2. The maximum atomic E-state index is 10.9. The van der Waals surface area contributed by atoms with Crippen LogP contribution in [0.2, 0.25) is 5.15 Å². The number of halogens is 1. The third kappa shape index (κ3) is 2.39. The lowest BCUT2D eigenvalue weighted by atomic mass is 10.1. The van der Waals surface area contributed by atoms with Crippen LogP contribution in [0.15, 0.2) is 30.5 Å². The van der Waals surface area contributed by atoms with Gasteiger partial charge in [0.15, 0.2) is 5.69 Å². The molecule has 2 heterocycles. The molecule has 2 aromatic heterocycles. The zero-order valence-electron chi connectivity index (χ0n) is 8.92. The van der Waals surface area contributed by atoms with E-state index >= 15 is 0 Å². The summed E-state index contributed by atoms with van der Waals surface area (Å²) in [6.07, 6.45) is 1.54. The van der Waals surface area contributed by atoms with Gasteiger partial charge in [0.25, 0.3) is 5.69 Å². The fourth-order valence-electron chi connectivity index (χ4n) is 1.40. The number of rotatable bonds is 2. The first kappa shape index (κ1) is 11.5. The van der Waals surface area contributed by atoms with Gasteiger partial charge >= 0.3 is 0 Å². The molecule has 2 rings (SSSR count). The minimum atomic E-state index is -0.488. The van der Waals surface area contributed by atoms with E-state index in [2.05, 4.69) is 9.97 Å². The van der Waals surface area contributed by atoms with Crippen LogP contribution in [-0.2, 0) is 0 Å². The second-order valence-corrected chi connectivity index (χ2v) is 3.83. The molecular weight excluding hydrogens is 242 g/mol. The molecule has 0 aliphatic rings. The van der Waals surface area contributed by atoms with Crippen molar-refractivity contribution in [3.05, 3.63) is 51.4 Å². The zero-order valence-corrected chi connectivity index (χ0v) is 9.68.